The summed E-state index contributed by atoms with van der Waals surface area (Å²) in [6, 6.07) is 0.365. The lowest BCUT2D eigenvalue weighted by atomic mass is 10.1. The number of aromatic nitrogens is 3. The predicted molar refractivity (Wildman–Crippen MR) is 58.3 cm³/mol. The lowest BCUT2D eigenvalue weighted by molar-refractivity contribution is 0.210. The van der Waals surface area contributed by atoms with Crippen LogP contribution in [0.2, 0.25) is 0 Å². The monoisotopic (exact) mass is 224 g/mol. The topological polar surface area (TPSA) is 92.6 Å². The number of oxime groups is 1. The summed E-state index contributed by atoms with van der Waals surface area (Å²) in [5.74, 6) is -0.000762. The van der Waals surface area contributed by atoms with Crippen LogP contribution < -0.4 is 5.73 Å². The summed E-state index contributed by atoms with van der Waals surface area (Å²) in [4.78, 5) is 2.29. The third kappa shape index (κ3) is 2.13. The highest BCUT2D eigenvalue weighted by molar-refractivity contribution is 5.94. The highest BCUT2D eigenvalue weighted by Gasteiger charge is 2.19. The van der Waals surface area contributed by atoms with Crippen LogP contribution in [0.5, 0.6) is 0 Å². The molecule has 7 nitrogen and oxygen atoms in total. The van der Waals surface area contributed by atoms with Crippen LogP contribution >= 0.6 is 0 Å². The van der Waals surface area contributed by atoms with E-state index in [1.54, 1.807) is 10.9 Å². The first kappa shape index (κ1) is 10.9. The standard InChI is InChI=1S/C9H16N6O/c1-14-4-2-7(3-5-14)15-6-8(11-13-15)9(10)12-16/h6-7,16H,2-5H2,1H3,(H2,10,12). The molecule has 1 saturated heterocycles. The summed E-state index contributed by atoms with van der Waals surface area (Å²) in [5, 5.41) is 19.3. The molecule has 16 heavy (non-hydrogen) atoms. The second kappa shape index (κ2) is 4.48. The largest absolute Gasteiger partial charge is 0.409 e. The molecule has 0 bridgehead atoms. The van der Waals surface area contributed by atoms with Gasteiger partial charge >= 0.3 is 0 Å². The van der Waals surface area contributed by atoms with Gasteiger partial charge in [0.1, 0.15) is 0 Å². The molecule has 0 saturated carbocycles. The molecular formula is C9H16N6O. The molecule has 0 unspecified atom stereocenters. The molecule has 88 valence electrons. The van der Waals surface area contributed by atoms with E-state index in [0.717, 1.165) is 25.9 Å². The van der Waals surface area contributed by atoms with Gasteiger partial charge < -0.3 is 15.8 Å². The van der Waals surface area contributed by atoms with Gasteiger partial charge in [0.2, 0.25) is 0 Å². The number of amidine groups is 1. The van der Waals surface area contributed by atoms with E-state index in [2.05, 4.69) is 27.4 Å². The lowest BCUT2D eigenvalue weighted by Gasteiger charge is -2.28. The van der Waals surface area contributed by atoms with Crippen molar-refractivity contribution < 1.29 is 5.21 Å². The molecule has 1 aliphatic rings. The molecular weight excluding hydrogens is 208 g/mol. The smallest absolute Gasteiger partial charge is 0.192 e. The normalized spacial score (nSPS) is 20.2. The van der Waals surface area contributed by atoms with Crippen LogP contribution in [-0.4, -0.2) is 51.1 Å². The quantitative estimate of drug-likeness (QED) is 0.310. The Morgan fingerprint density at radius 2 is 2.25 bits per heavy atom. The molecule has 1 aromatic rings. The van der Waals surface area contributed by atoms with Crippen molar-refractivity contribution in [3.8, 4) is 0 Å². The van der Waals surface area contributed by atoms with Gasteiger partial charge in [0.25, 0.3) is 0 Å². The van der Waals surface area contributed by atoms with Crippen molar-refractivity contribution in [3.63, 3.8) is 0 Å². The van der Waals surface area contributed by atoms with Gasteiger partial charge in [-0.15, -0.1) is 5.10 Å². The number of likely N-dealkylation sites (tertiary alicyclic amines) is 1. The molecule has 3 N–H and O–H groups in total. The van der Waals surface area contributed by atoms with Crippen molar-refractivity contribution in [1.82, 2.24) is 19.9 Å². The van der Waals surface area contributed by atoms with E-state index in [0.29, 0.717) is 11.7 Å². The first-order valence-corrected chi connectivity index (χ1v) is 5.29. The highest BCUT2D eigenvalue weighted by Crippen LogP contribution is 2.20. The Labute approximate surface area is 93.5 Å². The maximum atomic E-state index is 8.52. The van der Waals surface area contributed by atoms with Crippen molar-refractivity contribution >= 4 is 5.84 Å². The first-order valence-electron chi connectivity index (χ1n) is 5.29. The average Bonchev–Trinajstić information content (AvgIpc) is 2.78. The number of hydrogen-bond acceptors (Lipinski definition) is 5. The van der Waals surface area contributed by atoms with E-state index in [4.69, 9.17) is 10.9 Å². The molecule has 1 fully saturated rings. The number of piperidine rings is 1. The summed E-state index contributed by atoms with van der Waals surface area (Å²) in [6.45, 7) is 2.12. The molecule has 0 atom stereocenters. The maximum absolute atomic E-state index is 8.52. The van der Waals surface area contributed by atoms with Gasteiger partial charge in [-0.1, -0.05) is 10.4 Å². The van der Waals surface area contributed by atoms with Crippen LogP contribution in [0.25, 0.3) is 0 Å². The second-order valence-corrected chi connectivity index (χ2v) is 4.10. The molecule has 2 rings (SSSR count). The Balaban J connectivity index is 2.07. The number of nitrogens with zero attached hydrogens (tertiary/aromatic N) is 5. The van der Waals surface area contributed by atoms with Crippen LogP contribution in [-0.2, 0) is 0 Å². The van der Waals surface area contributed by atoms with Crippen LogP contribution in [0, 0.1) is 0 Å². The zero-order chi connectivity index (χ0) is 11.5. The zero-order valence-corrected chi connectivity index (χ0v) is 9.24. The fourth-order valence-electron chi connectivity index (χ4n) is 1.88. The van der Waals surface area contributed by atoms with Crippen molar-refractivity contribution in [2.24, 2.45) is 10.9 Å². The van der Waals surface area contributed by atoms with Crippen molar-refractivity contribution in [2.75, 3.05) is 20.1 Å². The summed E-state index contributed by atoms with van der Waals surface area (Å²) in [6.07, 6.45) is 3.83. The third-order valence-electron chi connectivity index (χ3n) is 2.94. The molecule has 0 aliphatic carbocycles. The van der Waals surface area contributed by atoms with Gasteiger partial charge in [-0.3, -0.25) is 0 Å². The molecule has 0 aromatic carbocycles. The van der Waals surface area contributed by atoms with Crippen molar-refractivity contribution in [1.29, 1.82) is 0 Å². The third-order valence-corrected chi connectivity index (χ3v) is 2.94. The first-order chi connectivity index (χ1) is 7.70. The van der Waals surface area contributed by atoms with E-state index >= 15 is 0 Å². The minimum absolute atomic E-state index is 0.000762. The SMILES string of the molecule is CN1CCC(n2cc(/C(N)=N/O)nn2)CC1. The molecule has 0 amide bonds. The summed E-state index contributed by atoms with van der Waals surface area (Å²) >= 11 is 0. The summed E-state index contributed by atoms with van der Waals surface area (Å²) in [7, 11) is 2.11. The van der Waals surface area contributed by atoms with Gasteiger partial charge in [-0.25, -0.2) is 4.68 Å². The van der Waals surface area contributed by atoms with Crippen LogP contribution in [0.3, 0.4) is 0 Å². The molecule has 2 heterocycles. The second-order valence-electron chi connectivity index (χ2n) is 4.10. The van der Waals surface area contributed by atoms with Crippen LogP contribution in [0.15, 0.2) is 11.4 Å². The van der Waals surface area contributed by atoms with Gasteiger partial charge in [-0.2, -0.15) is 0 Å². The minimum atomic E-state index is -0.000762. The van der Waals surface area contributed by atoms with Crippen LogP contribution in [0.4, 0.5) is 0 Å². The minimum Gasteiger partial charge on any atom is -0.409 e. The Bertz CT molecular complexity index is 379. The Morgan fingerprint density at radius 1 is 1.56 bits per heavy atom. The Hall–Kier alpha value is -1.63. The van der Waals surface area contributed by atoms with Crippen LogP contribution in [0.1, 0.15) is 24.6 Å². The predicted octanol–water partition coefficient (Wildman–Crippen LogP) is -0.361. The van der Waals surface area contributed by atoms with E-state index < -0.39 is 0 Å². The van der Waals surface area contributed by atoms with E-state index in [-0.39, 0.29) is 5.84 Å². The van der Waals surface area contributed by atoms with Gasteiger partial charge in [0, 0.05) is 0 Å². The Morgan fingerprint density at radius 3 is 2.88 bits per heavy atom. The number of hydrogen-bond donors (Lipinski definition) is 2. The van der Waals surface area contributed by atoms with E-state index in [9.17, 15) is 0 Å². The highest BCUT2D eigenvalue weighted by atomic mass is 16.4. The fourth-order valence-corrected chi connectivity index (χ4v) is 1.88. The maximum Gasteiger partial charge on any atom is 0.192 e. The van der Waals surface area contributed by atoms with Gasteiger partial charge in [0.15, 0.2) is 11.5 Å². The molecule has 1 aliphatic heterocycles. The van der Waals surface area contributed by atoms with E-state index in [1.807, 2.05) is 0 Å². The van der Waals surface area contributed by atoms with Crippen molar-refractivity contribution in [2.45, 2.75) is 18.9 Å². The summed E-state index contributed by atoms with van der Waals surface area (Å²) in [5.41, 5.74) is 5.85. The average molecular weight is 224 g/mol. The molecule has 0 spiro atoms. The molecule has 0 radical (unpaired) electrons. The summed E-state index contributed by atoms with van der Waals surface area (Å²) < 4.78 is 1.81. The number of rotatable bonds is 2. The van der Waals surface area contributed by atoms with E-state index in [1.165, 1.54) is 0 Å². The molecule has 7 heteroatoms. The fraction of sp³-hybridized carbons (Fsp3) is 0.667. The zero-order valence-electron chi connectivity index (χ0n) is 9.24. The Kier molecular flexibility index (Phi) is 3.04. The van der Waals surface area contributed by atoms with Crippen molar-refractivity contribution in [3.05, 3.63) is 11.9 Å². The number of nitrogens with two attached hydrogens (primary N) is 1. The lowest BCUT2D eigenvalue weighted by Crippen LogP contribution is -2.31. The molecule has 1 aromatic heterocycles. The van der Waals surface area contributed by atoms with Gasteiger partial charge in [0.05, 0.1) is 12.2 Å². The van der Waals surface area contributed by atoms with Gasteiger partial charge in [-0.05, 0) is 33.0 Å².